The average Bonchev–Trinajstić information content (AvgIpc) is 2.53. The van der Waals surface area contributed by atoms with E-state index in [0.717, 1.165) is 18.7 Å². The van der Waals surface area contributed by atoms with E-state index in [1.54, 1.807) is 33.2 Å². The van der Waals surface area contributed by atoms with Gasteiger partial charge in [-0.05, 0) is 24.1 Å². The van der Waals surface area contributed by atoms with Gasteiger partial charge in [-0.25, -0.2) is 0 Å². The quantitative estimate of drug-likeness (QED) is 0.580. The topological polar surface area (TPSA) is 66.0 Å². The number of ether oxygens (including phenoxy) is 1. The minimum Gasteiger partial charge on any atom is -0.497 e. The number of rotatable bonds is 7. The van der Waals surface area contributed by atoms with Crippen LogP contribution in [0.3, 0.4) is 0 Å². The Morgan fingerprint density at radius 2 is 1.82 bits per heavy atom. The Balaban J connectivity index is 2.27. The molecule has 0 heterocycles. The summed E-state index contributed by atoms with van der Waals surface area (Å²) in [6, 6.07) is 8.00. The summed E-state index contributed by atoms with van der Waals surface area (Å²) in [5.41, 5.74) is 1.23. The summed E-state index contributed by atoms with van der Waals surface area (Å²) in [5, 5.41) is 6.36. The van der Waals surface area contributed by atoms with Gasteiger partial charge in [-0.2, -0.15) is 0 Å². The number of carbonyl (C=O) groups excluding carboxylic acids is 1. The van der Waals surface area contributed by atoms with Crippen molar-refractivity contribution in [3.05, 3.63) is 29.8 Å². The largest absolute Gasteiger partial charge is 0.497 e. The Bertz CT molecular complexity index is 483. The van der Waals surface area contributed by atoms with Gasteiger partial charge in [-0.15, -0.1) is 0 Å². The molecular weight excluding hydrogens is 280 g/mol. The average molecular weight is 306 g/mol. The van der Waals surface area contributed by atoms with Gasteiger partial charge < -0.3 is 20.3 Å². The molecule has 1 amide bonds. The summed E-state index contributed by atoms with van der Waals surface area (Å²) in [6.07, 6.45) is 1.34. The molecule has 0 unspecified atom stereocenters. The van der Waals surface area contributed by atoms with E-state index in [4.69, 9.17) is 4.74 Å². The van der Waals surface area contributed by atoms with Crippen LogP contribution in [0, 0.1) is 0 Å². The van der Waals surface area contributed by atoms with E-state index < -0.39 is 0 Å². The number of guanidine groups is 1. The standard InChI is InChI=1S/C16H26N4O2/c1-17-16(19-12-10-15(21)20(2)3)18-11-9-13-5-7-14(22-4)8-6-13/h5-8H,9-12H2,1-4H3,(H2,17,18,19). The van der Waals surface area contributed by atoms with Gasteiger partial charge in [-0.3, -0.25) is 9.79 Å². The molecule has 2 N–H and O–H groups in total. The van der Waals surface area contributed by atoms with Gasteiger partial charge in [0.2, 0.25) is 5.91 Å². The molecule has 0 aliphatic carbocycles. The van der Waals surface area contributed by atoms with Crippen molar-refractivity contribution in [2.24, 2.45) is 4.99 Å². The molecule has 0 radical (unpaired) electrons. The van der Waals surface area contributed by atoms with Crippen molar-refractivity contribution >= 4 is 11.9 Å². The van der Waals surface area contributed by atoms with Gasteiger partial charge in [0.15, 0.2) is 5.96 Å². The highest BCUT2D eigenvalue weighted by Gasteiger charge is 2.04. The van der Waals surface area contributed by atoms with Gasteiger partial charge >= 0.3 is 0 Å². The molecule has 0 aliphatic heterocycles. The molecule has 0 fully saturated rings. The molecule has 0 aromatic heterocycles. The molecule has 0 saturated heterocycles. The molecule has 6 nitrogen and oxygen atoms in total. The van der Waals surface area contributed by atoms with Crippen molar-refractivity contribution in [2.75, 3.05) is 41.3 Å². The van der Waals surface area contributed by atoms with Crippen LogP contribution in [0.1, 0.15) is 12.0 Å². The van der Waals surface area contributed by atoms with Crippen LogP contribution in [-0.2, 0) is 11.2 Å². The van der Waals surface area contributed by atoms with E-state index in [1.165, 1.54) is 5.56 Å². The van der Waals surface area contributed by atoms with Gasteiger partial charge in [0, 0.05) is 40.7 Å². The zero-order valence-corrected chi connectivity index (χ0v) is 13.8. The number of methoxy groups -OCH3 is 1. The van der Waals surface area contributed by atoms with Gasteiger partial charge in [-0.1, -0.05) is 12.1 Å². The molecular formula is C16H26N4O2. The SMILES string of the molecule is CN=C(NCCC(=O)N(C)C)NCCc1ccc(OC)cc1. The highest BCUT2D eigenvalue weighted by Crippen LogP contribution is 2.11. The number of hydrogen-bond donors (Lipinski definition) is 2. The van der Waals surface area contributed by atoms with E-state index in [-0.39, 0.29) is 5.91 Å². The first-order valence-electron chi connectivity index (χ1n) is 7.34. The lowest BCUT2D eigenvalue weighted by Gasteiger charge is -2.13. The maximum atomic E-state index is 11.5. The predicted octanol–water partition coefficient (Wildman–Crippen LogP) is 0.881. The summed E-state index contributed by atoms with van der Waals surface area (Å²) in [5.74, 6) is 1.67. The van der Waals surface area contributed by atoms with Crippen LogP contribution in [0.5, 0.6) is 5.75 Å². The second-order valence-electron chi connectivity index (χ2n) is 5.06. The zero-order chi connectivity index (χ0) is 16.4. The highest BCUT2D eigenvalue weighted by atomic mass is 16.5. The van der Waals surface area contributed by atoms with E-state index in [1.807, 2.05) is 24.3 Å². The third kappa shape index (κ3) is 6.47. The Kier molecular flexibility index (Phi) is 7.81. The van der Waals surface area contributed by atoms with Gasteiger partial charge in [0.25, 0.3) is 0 Å². The fourth-order valence-corrected chi connectivity index (χ4v) is 1.85. The van der Waals surface area contributed by atoms with Crippen LogP contribution < -0.4 is 15.4 Å². The summed E-state index contributed by atoms with van der Waals surface area (Å²) >= 11 is 0. The van der Waals surface area contributed by atoms with Crippen LogP contribution in [0.25, 0.3) is 0 Å². The van der Waals surface area contributed by atoms with Crippen molar-refractivity contribution < 1.29 is 9.53 Å². The third-order valence-electron chi connectivity index (χ3n) is 3.22. The Morgan fingerprint density at radius 1 is 1.18 bits per heavy atom. The van der Waals surface area contributed by atoms with Crippen molar-refractivity contribution in [3.63, 3.8) is 0 Å². The molecule has 1 rings (SSSR count). The second kappa shape index (κ2) is 9.65. The van der Waals surface area contributed by atoms with E-state index in [0.29, 0.717) is 18.9 Å². The summed E-state index contributed by atoms with van der Waals surface area (Å²) in [4.78, 5) is 17.2. The number of nitrogens with zero attached hydrogens (tertiary/aromatic N) is 2. The minimum atomic E-state index is 0.0983. The maximum absolute atomic E-state index is 11.5. The normalized spacial score (nSPS) is 11.0. The second-order valence-corrected chi connectivity index (χ2v) is 5.06. The van der Waals surface area contributed by atoms with Crippen molar-refractivity contribution in [3.8, 4) is 5.75 Å². The summed E-state index contributed by atoms with van der Waals surface area (Å²) in [7, 11) is 6.89. The van der Waals surface area contributed by atoms with Crippen LogP contribution in [0.4, 0.5) is 0 Å². The lowest BCUT2D eigenvalue weighted by atomic mass is 10.1. The third-order valence-corrected chi connectivity index (χ3v) is 3.22. The number of carbonyl (C=O) groups is 1. The molecule has 122 valence electrons. The lowest BCUT2D eigenvalue weighted by molar-refractivity contribution is -0.128. The molecule has 22 heavy (non-hydrogen) atoms. The smallest absolute Gasteiger partial charge is 0.223 e. The van der Waals surface area contributed by atoms with Gasteiger partial charge in [0.05, 0.1) is 7.11 Å². The van der Waals surface area contributed by atoms with Crippen molar-refractivity contribution in [1.82, 2.24) is 15.5 Å². The monoisotopic (exact) mass is 306 g/mol. The van der Waals surface area contributed by atoms with Gasteiger partial charge in [0.1, 0.15) is 5.75 Å². The number of hydrogen-bond acceptors (Lipinski definition) is 3. The fraction of sp³-hybridized carbons (Fsp3) is 0.500. The molecule has 1 aromatic rings. The zero-order valence-electron chi connectivity index (χ0n) is 13.8. The molecule has 1 aromatic carbocycles. The van der Waals surface area contributed by atoms with Crippen LogP contribution >= 0.6 is 0 Å². The van der Waals surface area contributed by atoms with Crippen molar-refractivity contribution in [2.45, 2.75) is 12.8 Å². The molecule has 0 spiro atoms. The fourth-order valence-electron chi connectivity index (χ4n) is 1.85. The number of aliphatic imine (C=N–C) groups is 1. The first-order chi connectivity index (χ1) is 10.6. The molecule has 0 aliphatic rings. The van der Waals surface area contributed by atoms with E-state index in [2.05, 4.69) is 15.6 Å². The molecule has 0 saturated carbocycles. The Morgan fingerprint density at radius 3 is 2.36 bits per heavy atom. The summed E-state index contributed by atoms with van der Waals surface area (Å²) < 4.78 is 5.13. The lowest BCUT2D eigenvalue weighted by Crippen LogP contribution is -2.40. The number of amides is 1. The van der Waals surface area contributed by atoms with Crippen LogP contribution in [0.2, 0.25) is 0 Å². The predicted molar refractivity (Wildman–Crippen MR) is 89.4 cm³/mol. The van der Waals surface area contributed by atoms with Crippen molar-refractivity contribution in [1.29, 1.82) is 0 Å². The van der Waals surface area contributed by atoms with Crippen LogP contribution in [-0.4, -0.2) is 58.1 Å². The minimum absolute atomic E-state index is 0.0983. The maximum Gasteiger partial charge on any atom is 0.223 e. The summed E-state index contributed by atoms with van der Waals surface area (Å²) in [6.45, 7) is 1.34. The highest BCUT2D eigenvalue weighted by molar-refractivity contribution is 5.81. The van der Waals surface area contributed by atoms with E-state index >= 15 is 0 Å². The van der Waals surface area contributed by atoms with E-state index in [9.17, 15) is 4.79 Å². The molecule has 0 bridgehead atoms. The van der Waals surface area contributed by atoms with Crippen LogP contribution in [0.15, 0.2) is 29.3 Å². The Labute approximate surface area is 132 Å². The Hall–Kier alpha value is -2.24. The molecule has 0 atom stereocenters. The number of nitrogens with one attached hydrogen (secondary N) is 2. The first-order valence-corrected chi connectivity index (χ1v) is 7.34. The number of benzene rings is 1. The molecule has 6 heteroatoms. The first kappa shape index (κ1) is 17.8.